The molecule has 0 aromatic heterocycles. The summed E-state index contributed by atoms with van der Waals surface area (Å²) in [6.07, 6.45) is 0. The van der Waals surface area contributed by atoms with Crippen LogP contribution in [0.1, 0.15) is 66.8 Å². The Balaban J connectivity index is 0.879. The first-order valence-electron chi connectivity index (χ1n) is 29.2. The summed E-state index contributed by atoms with van der Waals surface area (Å²) in [5, 5.41) is 0. The molecule has 0 bridgehead atoms. The molecule has 0 N–H and O–H groups in total. The van der Waals surface area contributed by atoms with Gasteiger partial charge in [0.2, 0.25) is 0 Å². The summed E-state index contributed by atoms with van der Waals surface area (Å²) in [7, 11) is 0. The molecule has 0 fully saturated rings. The Morgan fingerprint density at radius 2 is 0.524 bits per heavy atom. The number of hydrogen-bond acceptors (Lipinski definition) is 3. The third-order valence-corrected chi connectivity index (χ3v) is 19.6. The molecular weight excluding hydrogens is 1020 g/mol. The quantitative estimate of drug-likeness (QED) is 0.175. The maximum Gasteiger partial charge on any atom is 0.132 e. The molecule has 84 heavy (non-hydrogen) atoms. The van der Waals surface area contributed by atoms with Crippen LogP contribution in [0, 0.1) is 0 Å². The van der Waals surface area contributed by atoms with Crippen molar-refractivity contribution in [1.82, 2.24) is 0 Å². The molecule has 390 valence electrons. The summed E-state index contributed by atoms with van der Waals surface area (Å²) in [6.45, 7) is 0. The third kappa shape index (κ3) is 5.57. The highest BCUT2D eigenvalue weighted by atomic mass is 16.5. The van der Waals surface area contributed by atoms with Gasteiger partial charge < -0.3 is 14.4 Å². The molecule has 6 aliphatic rings. The number of rotatable bonds is 4. The van der Waals surface area contributed by atoms with Crippen LogP contribution in [0.2, 0.25) is 0 Å². The lowest BCUT2D eigenvalue weighted by Gasteiger charge is -2.39. The largest absolute Gasteiger partial charge is 0.457 e. The van der Waals surface area contributed by atoms with E-state index in [1.807, 2.05) is 0 Å². The van der Waals surface area contributed by atoms with E-state index in [2.05, 4.69) is 302 Å². The summed E-state index contributed by atoms with van der Waals surface area (Å²) in [5.74, 6) is 3.54. The topological polar surface area (TPSA) is 21.7 Å². The summed E-state index contributed by atoms with van der Waals surface area (Å²) >= 11 is 0. The van der Waals surface area contributed by atoms with Gasteiger partial charge in [0.05, 0.1) is 27.6 Å². The van der Waals surface area contributed by atoms with Gasteiger partial charge in [0.1, 0.15) is 23.0 Å². The van der Waals surface area contributed by atoms with Crippen LogP contribution in [0.4, 0.5) is 17.1 Å². The molecular formula is C81H49NO2. The number of para-hydroxylation sites is 4. The minimum atomic E-state index is -0.656. The molecule has 3 heteroatoms. The van der Waals surface area contributed by atoms with E-state index >= 15 is 0 Å². The molecule has 2 heterocycles. The third-order valence-electron chi connectivity index (χ3n) is 19.6. The summed E-state index contributed by atoms with van der Waals surface area (Å²) in [6, 6.07) is 111. The average Bonchev–Trinajstić information content (AvgIpc) is 1.56. The Morgan fingerprint density at radius 1 is 0.214 bits per heavy atom. The van der Waals surface area contributed by atoms with Gasteiger partial charge in [0.25, 0.3) is 0 Å². The number of hydrogen-bond donors (Lipinski definition) is 0. The standard InChI is InChI=1S/C81H49NO2/c1-6-29-59-53(24-1)54-25-2-7-30-60(54)79(59)62-32-9-4-27-56(62)77-69(79)38-20-40-71(77)82(72-41-21-39-70-78(72)57-28-5-10-33-63(57)81(70)67-36-13-17-44-75(67)84-76-45-18-14-37-68(76)81)52-23-19-22-50(48-52)51-46-47-64-58(49-51)55-26-3-8-31-61(55)80(64)65-34-11-15-42-73(65)83-74-43-16-12-35-66(74)80/h1-49H. The molecule has 0 unspecified atom stereocenters. The number of nitrogens with zero attached hydrogens (tertiary/aromatic N) is 1. The van der Waals surface area contributed by atoms with Gasteiger partial charge in [-0.1, -0.05) is 243 Å². The highest BCUT2D eigenvalue weighted by Gasteiger charge is 2.55. The van der Waals surface area contributed by atoms with E-state index in [0.29, 0.717) is 0 Å². The summed E-state index contributed by atoms with van der Waals surface area (Å²) in [5.41, 5.74) is 28.7. The van der Waals surface area contributed by atoms with Crippen LogP contribution in [0.15, 0.2) is 297 Å². The SMILES string of the molecule is c1cc(-c2ccc3c(c2)-c2ccccc2C32c3ccccc3Oc3ccccc32)cc(N(c2cccc3c2-c2ccccc2C32c3ccccc3Oc3ccccc32)c2cccc3c2-c2ccccc2C32c3ccccc3-c3ccccc32)c1. The molecule has 0 atom stereocenters. The molecule has 0 saturated carbocycles. The van der Waals surface area contributed by atoms with Gasteiger partial charge in [0, 0.05) is 39.1 Å². The first-order valence-corrected chi connectivity index (χ1v) is 29.2. The normalized spacial score (nSPS) is 14.9. The van der Waals surface area contributed by atoms with Crippen LogP contribution in [0.5, 0.6) is 23.0 Å². The van der Waals surface area contributed by atoms with Crippen molar-refractivity contribution >= 4 is 17.1 Å². The fraction of sp³-hybridized carbons (Fsp3) is 0.0370. The van der Waals surface area contributed by atoms with Crippen LogP contribution in [0.25, 0.3) is 55.6 Å². The first kappa shape index (κ1) is 45.9. The van der Waals surface area contributed by atoms with E-state index in [9.17, 15) is 0 Å². The van der Waals surface area contributed by atoms with Gasteiger partial charge in [0.15, 0.2) is 0 Å². The van der Waals surface area contributed by atoms with Crippen LogP contribution in [-0.2, 0) is 16.2 Å². The van der Waals surface area contributed by atoms with E-state index < -0.39 is 16.2 Å². The van der Waals surface area contributed by atoms with Crippen molar-refractivity contribution in [3.05, 3.63) is 364 Å². The maximum absolute atomic E-state index is 6.84. The van der Waals surface area contributed by atoms with Crippen molar-refractivity contribution in [2.24, 2.45) is 0 Å². The second kappa shape index (κ2) is 16.7. The number of fused-ring (bicyclic) bond motifs is 28. The highest BCUT2D eigenvalue weighted by molar-refractivity contribution is 6.05. The van der Waals surface area contributed by atoms with Gasteiger partial charge in [-0.05, 0) is 144 Å². The van der Waals surface area contributed by atoms with Gasteiger partial charge in [-0.3, -0.25) is 0 Å². The van der Waals surface area contributed by atoms with Gasteiger partial charge in [-0.25, -0.2) is 0 Å². The minimum absolute atomic E-state index is 0.531. The van der Waals surface area contributed by atoms with Crippen LogP contribution < -0.4 is 14.4 Å². The van der Waals surface area contributed by atoms with Gasteiger partial charge in [-0.2, -0.15) is 0 Å². The van der Waals surface area contributed by atoms with Crippen LogP contribution in [-0.4, -0.2) is 0 Å². The molecule has 0 saturated heterocycles. The van der Waals surface area contributed by atoms with Crippen molar-refractivity contribution in [1.29, 1.82) is 0 Å². The second-order valence-corrected chi connectivity index (χ2v) is 23.2. The first-order chi connectivity index (χ1) is 41.7. The van der Waals surface area contributed by atoms with Gasteiger partial charge in [-0.15, -0.1) is 0 Å². The van der Waals surface area contributed by atoms with Crippen molar-refractivity contribution < 1.29 is 9.47 Å². The number of benzene rings is 13. The molecule has 3 nitrogen and oxygen atoms in total. The molecule has 0 radical (unpaired) electrons. The Morgan fingerprint density at radius 3 is 0.976 bits per heavy atom. The van der Waals surface area contributed by atoms with E-state index in [0.717, 1.165) is 73.4 Å². The Kier molecular flexibility index (Phi) is 9.13. The van der Waals surface area contributed by atoms with Crippen molar-refractivity contribution in [3.8, 4) is 78.6 Å². The predicted octanol–water partition coefficient (Wildman–Crippen LogP) is 20.1. The van der Waals surface area contributed by atoms with E-state index in [4.69, 9.17) is 9.47 Å². The monoisotopic (exact) mass is 1070 g/mol. The zero-order chi connectivity index (χ0) is 54.9. The Bertz CT molecular complexity index is 4890. The Labute approximate surface area is 487 Å². The molecule has 2 aliphatic heterocycles. The molecule has 3 spiro atoms. The van der Waals surface area contributed by atoms with Crippen molar-refractivity contribution in [2.75, 3.05) is 4.90 Å². The Hall–Kier alpha value is -10.7. The molecule has 13 aromatic carbocycles. The zero-order valence-electron chi connectivity index (χ0n) is 45.6. The fourth-order valence-corrected chi connectivity index (χ4v) is 16.7. The highest BCUT2D eigenvalue weighted by Crippen LogP contribution is 2.68. The molecule has 0 amide bonds. The maximum atomic E-state index is 6.84. The van der Waals surface area contributed by atoms with E-state index in [-0.39, 0.29) is 0 Å². The van der Waals surface area contributed by atoms with Gasteiger partial charge >= 0.3 is 0 Å². The fourth-order valence-electron chi connectivity index (χ4n) is 16.7. The molecule has 4 aliphatic carbocycles. The molecule has 19 rings (SSSR count). The van der Waals surface area contributed by atoms with E-state index in [1.54, 1.807) is 0 Å². The van der Waals surface area contributed by atoms with Crippen LogP contribution in [0.3, 0.4) is 0 Å². The average molecular weight is 1070 g/mol. The number of anilines is 3. The second-order valence-electron chi connectivity index (χ2n) is 23.2. The lowest BCUT2D eigenvalue weighted by atomic mass is 9.66. The number of ether oxygens (including phenoxy) is 2. The lowest BCUT2D eigenvalue weighted by Crippen LogP contribution is -2.32. The van der Waals surface area contributed by atoms with Crippen molar-refractivity contribution in [2.45, 2.75) is 16.2 Å². The summed E-state index contributed by atoms with van der Waals surface area (Å²) < 4.78 is 13.5. The molecule has 13 aromatic rings. The predicted molar refractivity (Wildman–Crippen MR) is 338 cm³/mol. The minimum Gasteiger partial charge on any atom is -0.457 e. The smallest absolute Gasteiger partial charge is 0.132 e. The summed E-state index contributed by atoms with van der Waals surface area (Å²) in [4.78, 5) is 2.60. The lowest BCUT2D eigenvalue weighted by molar-refractivity contribution is 0.436. The van der Waals surface area contributed by atoms with Crippen LogP contribution >= 0.6 is 0 Å². The van der Waals surface area contributed by atoms with Crippen molar-refractivity contribution in [3.63, 3.8) is 0 Å². The zero-order valence-corrected chi connectivity index (χ0v) is 45.6. The van der Waals surface area contributed by atoms with E-state index in [1.165, 1.54) is 89.0 Å².